The summed E-state index contributed by atoms with van der Waals surface area (Å²) in [5, 5.41) is 13.8. The molecule has 2 aromatic rings. The van der Waals surface area contributed by atoms with Gasteiger partial charge in [-0.3, -0.25) is 4.79 Å². The first-order valence-corrected chi connectivity index (χ1v) is 5.53. The first kappa shape index (κ1) is 11.7. The Morgan fingerprint density at radius 3 is 2.76 bits per heavy atom. The molecule has 0 spiro atoms. The molecule has 2 rings (SSSR count). The average Bonchev–Trinajstić information content (AvgIpc) is 2.28. The van der Waals surface area contributed by atoms with E-state index in [-0.39, 0.29) is 12.2 Å². The van der Waals surface area contributed by atoms with Crippen LogP contribution in [0.25, 0.3) is 10.8 Å². The number of hydrogen-bond donors (Lipinski definition) is 3. The number of nitrogens with one attached hydrogen (secondary N) is 2. The second-order valence-electron chi connectivity index (χ2n) is 4.77. The van der Waals surface area contributed by atoms with Crippen LogP contribution < -0.4 is 10.9 Å². The second-order valence-corrected chi connectivity index (χ2v) is 4.77. The highest BCUT2D eigenvalue weighted by Crippen LogP contribution is 2.16. The summed E-state index contributed by atoms with van der Waals surface area (Å²) in [6.45, 7) is 3.71. The molecule has 1 aromatic carbocycles. The van der Waals surface area contributed by atoms with Crippen molar-refractivity contribution in [3.05, 3.63) is 40.7 Å². The van der Waals surface area contributed by atoms with E-state index in [4.69, 9.17) is 0 Å². The number of aliphatic hydroxyl groups is 1. The third kappa shape index (κ3) is 2.47. The van der Waals surface area contributed by atoms with Gasteiger partial charge in [0, 0.05) is 5.39 Å². The molecule has 0 bridgehead atoms. The number of pyridine rings is 1. The number of hydrogen-bond acceptors (Lipinski definition) is 3. The van der Waals surface area contributed by atoms with Crippen LogP contribution in [0.5, 0.6) is 0 Å². The summed E-state index contributed by atoms with van der Waals surface area (Å²) >= 11 is 0. The lowest BCUT2D eigenvalue weighted by Gasteiger charge is -2.24. The fourth-order valence-corrected chi connectivity index (χ4v) is 1.68. The molecular weight excluding hydrogens is 216 g/mol. The van der Waals surface area contributed by atoms with Crippen molar-refractivity contribution in [2.75, 3.05) is 11.9 Å². The van der Waals surface area contributed by atoms with Crippen LogP contribution in [-0.4, -0.2) is 22.2 Å². The number of aromatic amines is 1. The maximum atomic E-state index is 11.8. The lowest BCUT2D eigenvalue weighted by atomic mass is 10.1. The summed E-state index contributed by atoms with van der Waals surface area (Å²) in [5.74, 6) is 0.618. The van der Waals surface area contributed by atoms with Gasteiger partial charge >= 0.3 is 0 Å². The van der Waals surface area contributed by atoms with Gasteiger partial charge in [-0.25, -0.2) is 0 Å². The number of fused-ring (bicyclic) bond motifs is 1. The Bertz CT molecular complexity index is 587. The number of anilines is 1. The molecule has 0 saturated heterocycles. The van der Waals surface area contributed by atoms with E-state index in [0.717, 1.165) is 5.39 Å². The van der Waals surface area contributed by atoms with Crippen molar-refractivity contribution in [3.63, 3.8) is 0 Å². The number of benzene rings is 1. The van der Waals surface area contributed by atoms with Crippen molar-refractivity contribution in [3.8, 4) is 0 Å². The maximum absolute atomic E-state index is 11.8. The molecule has 17 heavy (non-hydrogen) atoms. The first-order chi connectivity index (χ1) is 8.02. The van der Waals surface area contributed by atoms with Gasteiger partial charge < -0.3 is 15.4 Å². The molecule has 0 aliphatic carbocycles. The largest absolute Gasteiger partial charge is 0.394 e. The van der Waals surface area contributed by atoms with Gasteiger partial charge in [-0.15, -0.1) is 0 Å². The first-order valence-electron chi connectivity index (χ1n) is 5.53. The molecular formula is C13H16N2O2. The van der Waals surface area contributed by atoms with Crippen LogP contribution in [0.3, 0.4) is 0 Å². The average molecular weight is 232 g/mol. The second kappa shape index (κ2) is 4.22. The van der Waals surface area contributed by atoms with Crippen LogP contribution in [0.2, 0.25) is 0 Å². The van der Waals surface area contributed by atoms with E-state index in [0.29, 0.717) is 11.2 Å². The molecule has 1 heterocycles. The quantitative estimate of drug-likeness (QED) is 0.754. The molecule has 0 atom stereocenters. The predicted octanol–water partition coefficient (Wildman–Crippen LogP) is 1.71. The highest BCUT2D eigenvalue weighted by molar-refractivity contribution is 5.83. The van der Waals surface area contributed by atoms with E-state index in [9.17, 15) is 9.90 Å². The normalized spacial score (nSPS) is 11.7. The van der Waals surface area contributed by atoms with E-state index < -0.39 is 5.54 Å². The van der Waals surface area contributed by atoms with Crippen molar-refractivity contribution < 1.29 is 5.11 Å². The Kier molecular flexibility index (Phi) is 2.90. The molecule has 0 amide bonds. The van der Waals surface area contributed by atoms with Crippen molar-refractivity contribution in [2.45, 2.75) is 19.4 Å². The molecule has 0 aliphatic heterocycles. The molecule has 1 aromatic heterocycles. The Morgan fingerprint density at radius 1 is 1.35 bits per heavy atom. The minimum atomic E-state index is -0.467. The molecule has 0 saturated carbocycles. The van der Waals surface area contributed by atoms with Crippen molar-refractivity contribution in [1.82, 2.24) is 4.98 Å². The third-order valence-electron chi connectivity index (χ3n) is 2.62. The van der Waals surface area contributed by atoms with Crippen molar-refractivity contribution in [2.24, 2.45) is 0 Å². The lowest BCUT2D eigenvalue weighted by molar-refractivity contribution is 0.234. The molecule has 4 heteroatoms. The zero-order valence-electron chi connectivity index (χ0n) is 9.95. The van der Waals surface area contributed by atoms with Gasteiger partial charge in [0.2, 0.25) is 0 Å². The minimum Gasteiger partial charge on any atom is -0.394 e. The highest BCUT2D eigenvalue weighted by Gasteiger charge is 2.16. The minimum absolute atomic E-state index is 0.0120. The number of aromatic nitrogens is 1. The third-order valence-corrected chi connectivity index (χ3v) is 2.62. The zero-order valence-corrected chi connectivity index (χ0v) is 9.95. The fourth-order valence-electron chi connectivity index (χ4n) is 1.68. The molecule has 90 valence electrons. The number of aliphatic hydroxyl groups excluding tert-OH is 1. The van der Waals surface area contributed by atoms with Gasteiger partial charge in [-0.2, -0.15) is 0 Å². The van der Waals surface area contributed by atoms with E-state index in [1.807, 2.05) is 38.1 Å². The summed E-state index contributed by atoms with van der Waals surface area (Å²) in [4.78, 5) is 14.6. The summed E-state index contributed by atoms with van der Waals surface area (Å²) in [6.07, 6.45) is 0. The van der Waals surface area contributed by atoms with Crippen LogP contribution in [-0.2, 0) is 0 Å². The Labute approximate surface area is 99.3 Å². The topological polar surface area (TPSA) is 65.1 Å². The van der Waals surface area contributed by atoms with Gasteiger partial charge in [0.15, 0.2) is 0 Å². The van der Waals surface area contributed by atoms with Crippen LogP contribution in [0, 0.1) is 0 Å². The maximum Gasteiger partial charge on any atom is 0.257 e. The fraction of sp³-hybridized carbons (Fsp3) is 0.308. The smallest absolute Gasteiger partial charge is 0.257 e. The Hall–Kier alpha value is -1.81. The van der Waals surface area contributed by atoms with E-state index >= 15 is 0 Å². The summed E-state index contributed by atoms with van der Waals surface area (Å²) in [7, 11) is 0. The number of rotatable bonds is 3. The Morgan fingerprint density at radius 2 is 2.06 bits per heavy atom. The van der Waals surface area contributed by atoms with E-state index in [1.165, 1.54) is 0 Å². The summed E-state index contributed by atoms with van der Waals surface area (Å²) < 4.78 is 0. The molecule has 0 aliphatic rings. The SMILES string of the molecule is CC(C)(CO)Nc1cc2ccccc2c(=O)[nH]1. The van der Waals surface area contributed by atoms with Crippen LogP contribution in [0.4, 0.5) is 5.82 Å². The number of H-pyrrole nitrogens is 1. The highest BCUT2D eigenvalue weighted by atomic mass is 16.3. The zero-order chi connectivity index (χ0) is 12.5. The standard InChI is InChI=1S/C13H16N2O2/c1-13(2,8-16)15-11-7-9-5-3-4-6-10(9)12(17)14-11/h3-7,16H,8H2,1-2H3,(H2,14,15,17). The van der Waals surface area contributed by atoms with Crippen LogP contribution in [0.1, 0.15) is 13.8 Å². The molecule has 3 N–H and O–H groups in total. The van der Waals surface area contributed by atoms with Gasteiger partial charge in [-0.1, -0.05) is 18.2 Å². The van der Waals surface area contributed by atoms with Crippen LogP contribution >= 0.6 is 0 Å². The predicted molar refractivity (Wildman–Crippen MR) is 69.4 cm³/mol. The van der Waals surface area contributed by atoms with E-state index in [2.05, 4.69) is 10.3 Å². The molecule has 0 unspecified atom stereocenters. The molecule has 0 radical (unpaired) electrons. The summed E-state index contributed by atoms with van der Waals surface area (Å²) in [6, 6.07) is 9.27. The monoisotopic (exact) mass is 232 g/mol. The van der Waals surface area contributed by atoms with Gasteiger partial charge in [-0.05, 0) is 31.4 Å². The lowest BCUT2D eigenvalue weighted by Crippen LogP contribution is -2.35. The van der Waals surface area contributed by atoms with Gasteiger partial charge in [0.1, 0.15) is 5.82 Å². The van der Waals surface area contributed by atoms with Gasteiger partial charge in [0.25, 0.3) is 5.56 Å². The van der Waals surface area contributed by atoms with E-state index in [1.54, 1.807) is 6.07 Å². The molecule has 0 fully saturated rings. The van der Waals surface area contributed by atoms with Gasteiger partial charge in [0.05, 0.1) is 12.1 Å². The molecule has 4 nitrogen and oxygen atoms in total. The van der Waals surface area contributed by atoms with Crippen molar-refractivity contribution >= 4 is 16.6 Å². The van der Waals surface area contributed by atoms with Crippen molar-refractivity contribution in [1.29, 1.82) is 0 Å². The Balaban J connectivity index is 2.47. The van der Waals surface area contributed by atoms with Crippen LogP contribution in [0.15, 0.2) is 35.1 Å². The summed E-state index contributed by atoms with van der Waals surface area (Å²) in [5.41, 5.74) is -0.592.